The summed E-state index contributed by atoms with van der Waals surface area (Å²) in [6, 6.07) is 9.43. The fourth-order valence-corrected chi connectivity index (χ4v) is 5.57. The van der Waals surface area contributed by atoms with E-state index in [-0.39, 0.29) is 23.5 Å². The van der Waals surface area contributed by atoms with E-state index < -0.39 is 9.84 Å². The zero-order valence-corrected chi connectivity index (χ0v) is 16.2. The van der Waals surface area contributed by atoms with E-state index in [1.54, 1.807) is 17.9 Å². The Morgan fingerprint density at radius 3 is 2.78 bits per heavy atom. The lowest BCUT2D eigenvalue weighted by molar-refractivity contribution is 0.0984. The number of benzene rings is 1. The third-order valence-electron chi connectivity index (χ3n) is 5.29. The molecule has 1 aromatic carbocycles. The third kappa shape index (κ3) is 3.41. The normalized spacial score (nSPS) is 20.5. The van der Waals surface area contributed by atoms with Crippen LogP contribution in [-0.2, 0) is 16.3 Å². The van der Waals surface area contributed by atoms with Crippen LogP contribution in [0.4, 0.5) is 11.5 Å². The minimum atomic E-state index is -2.99. The third-order valence-corrected chi connectivity index (χ3v) is 7.04. The van der Waals surface area contributed by atoms with Gasteiger partial charge in [0.1, 0.15) is 17.3 Å². The van der Waals surface area contributed by atoms with Crippen molar-refractivity contribution in [1.29, 1.82) is 0 Å². The number of amides is 1. The van der Waals surface area contributed by atoms with Crippen LogP contribution in [0.25, 0.3) is 0 Å². The molecule has 2 aliphatic heterocycles. The molecule has 142 valence electrons. The number of nitrogens with zero attached hydrogens (tertiary/aromatic N) is 4. The van der Waals surface area contributed by atoms with Gasteiger partial charge in [-0.1, -0.05) is 18.2 Å². The van der Waals surface area contributed by atoms with Crippen LogP contribution in [-0.4, -0.2) is 55.4 Å². The molecule has 0 aliphatic carbocycles. The van der Waals surface area contributed by atoms with E-state index in [1.165, 1.54) is 0 Å². The summed E-state index contributed by atoms with van der Waals surface area (Å²) >= 11 is 0. The van der Waals surface area contributed by atoms with Gasteiger partial charge >= 0.3 is 0 Å². The van der Waals surface area contributed by atoms with Gasteiger partial charge in [-0.2, -0.15) is 0 Å². The van der Waals surface area contributed by atoms with E-state index in [2.05, 4.69) is 9.97 Å². The highest BCUT2D eigenvalue weighted by molar-refractivity contribution is 7.91. The van der Waals surface area contributed by atoms with Crippen molar-refractivity contribution in [2.24, 2.45) is 0 Å². The number of hydrogen-bond acceptors (Lipinski definition) is 6. The molecule has 1 unspecified atom stereocenters. The molecule has 8 heteroatoms. The number of carbonyl (C=O) groups is 1. The van der Waals surface area contributed by atoms with Crippen LogP contribution in [0, 0.1) is 6.92 Å². The van der Waals surface area contributed by atoms with E-state index in [9.17, 15) is 13.2 Å². The van der Waals surface area contributed by atoms with E-state index in [4.69, 9.17) is 0 Å². The van der Waals surface area contributed by atoms with Crippen molar-refractivity contribution in [2.75, 3.05) is 34.9 Å². The Hall–Kier alpha value is -2.48. The summed E-state index contributed by atoms with van der Waals surface area (Å²) in [6.07, 6.45) is 1.41. The van der Waals surface area contributed by atoms with Crippen LogP contribution in [0.3, 0.4) is 0 Å². The van der Waals surface area contributed by atoms with Crippen molar-refractivity contribution in [3.8, 4) is 0 Å². The summed E-state index contributed by atoms with van der Waals surface area (Å²) in [5.74, 6) is 1.24. The van der Waals surface area contributed by atoms with Crippen LogP contribution >= 0.6 is 0 Å². The van der Waals surface area contributed by atoms with Crippen LogP contribution in [0.2, 0.25) is 0 Å². The number of fused-ring (bicyclic) bond motifs is 1. The highest BCUT2D eigenvalue weighted by Gasteiger charge is 2.32. The lowest BCUT2D eigenvalue weighted by Gasteiger charge is -2.25. The summed E-state index contributed by atoms with van der Waals surface area (Å²) in [5.41, 5.74) is 2.42. The molecule has 0 saturated carbocycles. The van der Waals surface area contributed by atoms with Gasteiger partial charge in [0.15, 0.2) is 9.84 Å². The molecule has 0 radical (unpaired) electrons. The van der Waals surface area contributed by atoms with Crippen LogP contribution in [0.5, 0.6) is 0 Å². The smallest absolute Gasteiger partial charge is 0.277 e. The second-order valence-corrected chi connectivity index (χ2v) is 9.39. The van der Waals surface area contributed by atoms with Gasteiger partial charge in [-0.25, -0.2) is 18.4 Å². The lowest BCUT2D eigenvalue weighted by atomic mass is 10.2. The summed E-state index contributed by atoms with van der Waals surface area (Å²) in [6.45, 7) is 2.38. The van der Waals surface area contributed by atoms with Gasteiger partial charge in [0, 0.05) is 31.4 Å². The molecule has 27 heavy (non-hydrogen) atoms. The molecule has 1 fully saturated rings. The molecule has 1 atom stereocenters. The molecule has 7 nitrogen and oxygen atoms in total. The van der Waals surface area contributed by atoms with Crippen molar-refractivity contribution in [2.45, 2.75) is 25.8 Å². The second-order valence-electron chi connectivity index (χ2n) is 7.16. The predicted molar refractivity (Wildman–Crippen MR) is 104 cm³/mol. The fourth-order valence-electron chi connectivity index (χ4n) is 3.80. The topological polar surface area (TPSA) is 83.5 Å². The Morgan fingerprint density at radius 1 is 1.26 bits per heavy atom. The van der Waals surface area contributed by atoms with Gasteiger partial charge in [-0.15, -0.1) is 0 Å². The molecule has 3 heterocycles. The standard InChI is InChI=1S/C19H22N4O3S/c1-13-20-16(19(24)23-9-7-14-5-3-4-6-17(14)23)11-18(21-13)22(2)15-8-10-27(25,26)12-15/h3-6,11,15H,7-10,12H2,1-2H3. The molecule has 1 saturated heterocycles. The Labute approximate surface area is 159 Å². The maximum absolute atomic E-state index is 13.1. The minimum absolute atomic E-state index is 0.120. The van der Waals surface area contributed by atoms with Gasteiger partial charge < -0.3 is 9.80 Å². The number of hydrogen-bond donors (Lipinski definition) is 0. The summed E-state index contributed by atoms with van der Waals surface area (Å²) in [7, 11) is -1.17. The molecule has 2 aromatic rings. The zero-order valence-electron chi connectivity index (χ0n) is 15.4. The van der Waals surface area contributed by atoms with Crippen molar-refractivity contribution in [3.05, 3.63) is 47.4 Å². The van der Waals surface area contributed by atoms with Gasteiger partial charge in [-0.05, 0) is 31.4 Å². The average Bonchev–Trinajstić information content (AvgIpc) is 3.23. The largest absolute Gasteiger partial charge is 0.356 e. The first kappa shape index (κ1) is 17.9. The quantitative estimate of drug-likeness (QED) is 0.797. The Balaban J connectivity index is 1.62. The van der Waals surface area contributed by atoms with Crippen LogP contribution in [0.1, 0.15) is 28.3 Å². The lowest BCUT2D eigenvalue weighted by Crippen LogP contribution is -2.34. The van der Waals surface area contributed by atoms with Crippen LogP contribution in [0.15, 0.2) is 30.3 Å². The van der Waals surface area contributed by atoms with E-state index >= 15 is 0 Å². The number of aryl methyl sites for hydroxylation is 1. The average molecular weight is 386 g/mol. The number of para-hydroxylation sites is 1. The van der Waals surface area contributed by atoms with Gasteiger partial charge in [0.05, 0.1) is 11.5 Å². The first-order chi connectivity index (χ1) is 12.8. The van der Waals surface area contributed by atoms with Gasteiger partial charge in [-0.3, -0.25) is 4.79 Å². The Bertz CT molecular complexity index is 1010. The molecule has 0 bridgehead atoms. The maximum atomic E-state index is 13.1. The molecular formula is C19H22N4O3S. The monoisotopic (exact) mass is 386 g/mol. The van der Waals surface area contributed by atoms with Gasteiger partial charge in [0.2, 0.25) is 0 Å². The van der Waals surface area contributed by atoms with E-state index in [0.29, 0.717) is 30.3 Å². The Morgan fingerprint density at radius 2 is 2.04 bits per heavy atom. The predicted octanol–water partition coefficient (Wildman–Crippen LogP) is 1.61. The molecular weight excluding hydrogens is 364 g/mol. The number of anilines is 2. The minimum Gasteiger partial charge on any atom is -0.356 e. The van der Waals surface area contributed by atoms with Crippen molar-refractivity contribution < 1.29 is 13.2 Å². The molecule has 2 aliphatic rings. The summed E-state index contributed by atoms with van der Waals surface area (Å²) < 4.78 is 23.6. The highest BCUT2D eigenvalue weighted by atomic mass is 32.2. The summed E-state index contributed by atoms with van der Waals surface area (Å²) in [4.78, 5) is 25.5. The number of carbonyl (C=O) groups excluding carboxylic acids is 1. The van der Waals surface area contributed by atoms with E-state index in [1.807, 2.05) is 36.2 Å². The van der Waals surface area contributed by atoms with E-state index in [0.717, 1.165) is 17.7 Å². The molecule has 1 aromatic heterocycles. The second kappa shape index (κ2) is 6.60. The first-order valence-corrected chi connectivity index (χ1v) is 10.8. The van der Waals surface area contributed by atoms with Crippen LogP contribution < -0.4 is 9.80 Å². The zero-order chi connectivity index (χ0) is 19.2. The first-order valence-electron chi connectivity index (χ1n) is 9.03. The summed E-state index contributed by atoms with van der Waals surface area (Å²) in [5, 5.41) is 0. The number of aromatic nitrogens is 2. The molecule has 0 spiro atoms. The number of rotatable bonds is 3. The van der Waals surface area contributed by atoms with Crippen molar-refractivity contribution in [1.82, 2.24) is 9.97 Å². The maximum Gasteiger partial charge on any atom is 0.277 e. The fraction of sp³-hybridized carbons (Fsp3) is 0.421. The number of sulfone groups is 1. The molecule has 4 rings (SSSR count). The van der Waals surface area contributed by atoms with Crippen molar-refractivity contribution >= 4 is 27.2 Å². The SMILES string of the molecule is Cc1nc(C(=O)N2CCc3ccccc32)cc(N(C)C2CCS(=O)(=O)C2)n1. The molecule has 0 N–H and O–H groups in total. The molecule has 1 amide bonds. The highest BCUT2D eigenvalue weighted by Crippen LogP contribution is 2.29. The van der Waals surface area contributed by atoms with Crippen molar-refractivity contribution in [3.63, 3.8) is 0 Å². The Kier molecular flexibility index (Phi) is 4.38. The van der Waals surface area contributed by atoms with Gasteiger partial charge in [0.25, 0.3) is 5.91 Å².